The van der Waals surface area contributed by atoms with Gasteiger partial charge < -0.3 is 20.4 Å². The number of rotatable bonds is 7. The maximum absolute atomic E-state index is 10.0. The van der Waals surface area contributed by atoms with Crippen LogP contribution < -0.4 is 0 Å². The summed E-state index contributed by atoms with van der Waals surface area (Å²) >= 11 is 0. The van der Waals surface area contributed by atoms with Crippen LogP contribution in [-0.2, 0) is 0 Å². The fraction of sp³-hybridized carbons (Fsp3) is 0. The highest BCUT2D eigenvalue weighted by Gasteiger charge is 2.15. The third-order valence-corrected chi connectivity index (χ3v) is 5.06. The predicted octanol–water partition coefficient (Wildman–Crippen LogP) is 4.86. The molecule has 0 fully saturated rings. The molecule has 4 N–H and O–H groups in total. The average Bonchev–Trinajstić information content (AvgIpc) is 2.88. The third-order valence-electron chi connectivity index (χ3n) is 5.06. The van der Waals surface area contributed by atoms with Gasteiger partial charge in [0.05, 0.1) is 12.4 Å². The van der Waals surface area contributed by atoms with E-state index in [1.807, 2.05) is 60.7 Å². The summed E-state index contributed by atoms with van der Waals surface area (Å²) in [5.74, 6) is -0.390. The summed E-state index contributed by atoms with van der Waals surface area (Å²) in [5, 5.41) is 56.3. The summed E-state index contributed by atoms with van der Waals surface area (Å²) in [7, 11) is 0. The van der Waals surface area contributed by atoms with Crippen molar-refractivity contribution in [2.24, 2.45) is 20.4 Å². The van der Waals surface area contributed by atoms with E-state index in [2.05, 4.69) is 20.4 Å². The fourth-order valence-corrected chi connectivity index (χ4v) is 3.26. The molecule has 8 nitrogen and oxygen atoms in total. The van der Waals surface area contributed by atoms with Crippen molar-refractivity contribution in [1.29, 1.82) is 0 Å². The minimum absolute atomic E-state index is 0.0610. The molecule has 0 heterocycles. The van der Waals surface area contributed by atoms with Crippen molar-refractivity contribution >= 4 is 23.9 Å². The molecule has 0 saturated carbocycles. The van der Waals surface area contributed by atoms with Crippen LogP contribution in [0.25, 0.3) is 0 Å². The molecule has 0 spiro atoms. The van der Waals surface area contributed by atoms with Crippen molar-refractivity contribution in [2.45, 2.75) is 0 Å². The van der Waals surface area contributed by atoms with Crippen molar-refractivity contribution in [3.05, 3.63) is 119 Å². The topological polar surface area (TPSA) is 130 Å². The summed E-state index contributed by atoms with van der Waals surface area (Å²) in [6.07, 6.45) is 2.75. The summed E-state index contributed by atoms with van der Waals surface area (Å²) in [5.41, 5.74) is 3.06. The van der Waals surface area contributed by atoms with Gasteiger partial charge in [-0.05, 0) is 24.3 Å². The van der Waals surface area contributed by atoms with Gasteiger partial charge in [-0.25, -0.2) is 0 Å². The molecule has 0 aliphatic heterocycles. The number of hydrogen-bond acceptors (Lipinski definition) is 8. The van der Waals surface area contributed by atoms with E-state index in [0.29, 0.717) is 22.6 Å². The van der Waals surface area contributed by atoms with Gasteiger partial charge in [-0.15, -0.1) is 10.2 Å². The maximum atomic E-state index is 10.0. The van der Waals surface area contributed by atoms with Gasteiger partial charge in [0.15, 0.2) is 0 Å². The molecule has 4 aromatic carbocycles. The molecule has 36 heavy (non-hydrogen) atoms. The van der Waals surface area contributed by atoms with Gasteiger partial charge in [-0.1, -0.05) is 60.7 Å². The summed E-state index contributed by atoms with van der Waals surface area (Å²) in [6, 6.07) is 27.0. The van der Waals surface area contributed by atoms with E-state index in [0.717, 1.165) is 11.1 Å². The predicted molar refractivity (Wildman–Crippen MR) is 141 cm³/mol. The molecule has 8 heteroatoms. The smallest absolute Gasteiger partial charge is 0.128 e. The van der Waals surface area contributed by atoms with Gasteiger partial charge >= 0.3 is 0 Å². The van der Waals surface area contributed by atoms with Crippen LogP contribution in [-0.4, -0.2) is 44.3 Å². The molecule has 178 valence electrons. The molecule has 0 radical (unpaired) electrons. The van der Waals surface area contributed by atoms with Crippen molar-refractivity contribution < 1.29 is 20.4 Å². The van der Waals surface area contributed by atoms with Crippen molar-refractivity contribution in [2.75, 3.05) is 0 Å². The zero-order chi connectivity index (χ0) is 25.3. The van der Waals surface area contributed by atoms with E-state index < -0.39 is 0 Å². The minimum atomic E-state index is -0.134. The Balaban J connectivity index is 1.79. The van der Waals surface area contributed by atoms with Crippen molar-refractivity contribution in [3.63, 3.8) is 0 Å². The molecule has 0 aliphatic carbocycles. The van der Waals surface area contributed by atoms with E-state index in [9.17, 15) is 20.4 Å². The van der Waals surface area contributed by atoms with Gasteiger partial charge in [-0.3, -0.25) is 0 Å². The van der Waals surface area contributed by atoms with Crippen molar-refractivity contribution in [3.8, 4) is 23.0 Å². The van der Waals surface area contributed by atoms with E-state index >= 15 is 0 Å². The Labute approximate surface area is 207 Å². The lowest BCUT2D eigenvalue weighted by Crippen LogP contribution is -2.17. The highest BCUT2D eigenvalue weighted by Crippen LogP contribution is 2.22. The number of phenols is 4. The first-order valence-electron chi connectivity index (χ1n) is 10.9. The molecule has 4 aromatic rings. The molecule has 0 aliphatic rings. The van der Waals surface area contributed by atoms with Crippen LogP contribution in [0.2, 0.25) is 0 Å². The molecule has 0 aromatic heterocycles. The first-order chi connectivity index (χ1) is 17.5. The first-order valence-corrected chi connectivity index (χ1v) is 10.9. The molecule has 0 saturated heterocycles. The third kappa shape index (κ3) is 6.00. The van der Waals surface area contributed by atoms with Crippen LogP contribution in [0, 0.1) is 0 Å². The highest BCUT2D eigenvalue weighted by atomic mass is 16.3. The van der Waals surface area contributed by atoms with Gasteiger partial charge in [0, 0.05) is 34.4 Å². The van der Waals surface area contributed by atoms with Gasteiger partial charge in [-0.2, -0.15) is 10.2 Å². The Morgan fingerprint density at radius 1 is 0.500 bits per heavy atom. The molecular formula is C28H22N4O4. The molecule has 0 unspecified atom stereocenters. The number of aromatic hydroxyl groups is 4. The lowest BCUT2D eigenvalue weighted by atomic mass is 10.00. The summed E-state index contributed by atoms with van der Waals surface area (Å²) in [6.45, 7) is 0. The fourth-order valence-electron chi connectivity index (χ4n) is 3.26. The standard InChI is InChI=1S/C28H22N4O4/c33-23-13-11-21(25(35)15-23)17-29-31-27(19-7-3-1-4-8-19)28(20-9-5-2-6-10-20)32-30-18-22-12-14-24(34)16-26(22)36/h1-18,33-36H/b29-17-,30-18-,31-27-,32-28-. The van der Waals surface area contributed by atoms with Crippen molar-refractivity contribution in [1.82, 2.24) is 0 Å². The van der Waals surface area contributed by atoms with Crippen LogP contribution >= 0.6 is 0 Å². The molecule has 0 bridgehead atoms. The largest absolute Gasteiger partial charge is 0.508 e. The van der Waals surface area contributed by atoms with Crippen LogP contribution in [0.3, 0.4) is 0 Å². The molecule has 0 amide bonds. The quantitative estimate of drug-likeness (QED) is 0.223. The molecule has 0 atom stereocenters. The van der Waals surface area contributed by atoms with Crippen LogP contribution in [0.5, 0.6) is 23.0 Å². The lowest BCUT2D eigenvalue weighted by molar-refractivity contribution is 0.449. The number of nitrogens with zero attached hydrogens (tertiary/aromatic N) is 4. The van der Waals surface area contributed by atoms with Crippen LogP contribution in [0.4, 0.5) is 0 Å². The normalized spacial score (nSPS) is 12.4. The zero-order valence-electron chi connectivity index (χ0n) is 19.0. The second kappa shape index (κ2) is 11.3. The van der Waals surface area contributed by atoms with Gasteiger partial charge in [0.2, 0.25) is 0 Å². The second-order valence-corrected chi connectivity index (χ2v) is 7.60. The Morgan fingerprint density at radius 2 is 0.889 bits per heavy atom. The number of benzene rings is 4. The van der Waals surface area contributed by atoms with E-state index in [-0.39, 0.29) is 23.0 Å². The number of phenolic OH excluding ortho intramolecular Hbond substituents is 4. The second-order valence-electron chi connectivity index (χ2n) is 7.60. The lowest BCUT2D eigenvalue weighted by Gasteiger charge is -2.08. The van der Waals surface area contributed by atoms with E-state index in [1.165, 1.54) is 48.8 Å². The van der Waals surface area contributed by atoms with Gasteiger partial charge in [0.25, 0.3) is 0 Å². The Bertz CT molecular complexity index is 1350. The number of hydrogen-bond donors (Lipinski definition) is 4. The monoisotopic (exact) mass is 478 g/mol. The summed E-state index contributed by atoms with van der Waals surface area (Å²) < 4.78 is 0. The Kier molecular flexibility index (Phi) is 7.47. The average molecular weight is 479 g/mol. The maximum Gasteiger partial charge on any atom is 0.128 e. The summed E-state index contributed by atoms with van der Waals surface area (Å²) in [4.78, 5) is 0. The highest BCUT2D eigenvalue weighted by molar-refractivity contribution is 6.53. The molecule has 4 rings (SSSR count). The zero-order valence-corrected chi connectivity index (χ0v) is 19.0. The SMILES string of the molecule is Oc1ccc(\C=N/N=C(\C(=N/N=C\c2ccc(O)cc2O)c2ccccc2)c2ccccc2)c(O)c1. The molecular weight excluding hydrogens is 456 g/mol. The van der Waals surface area contributed by atoms with Crippen LogP contribution in [0.15, 0.2) is 117 Å². The minimum Gasteiger partial charge on any atom is -0.508 e. The Morgan fingerprint density at radius 3 is 1.25 bits per heavy atom. The van der Waals surface area contributed by atoms with Gasteiger partial charge in [0.1, 0.15) is 34.4 Å². The first kappa shape index (κ1) is 23.9. The van der Waals surface area contributed by atoms with Crippen LogP contribution in [0.1, 0.15) is 22.3 Å². The van der Waals surface area contributed by atoms with E-state index in [4.69, 9.17) is 0 Å². The van der Waals surface area contributed by atoms with E-state index in [1.54, 1.807) is 0 Å². The Hall–Kier alpha value is -5.24.